The first kappa shape index (κ1) is 14.8. The highest BCUT2D eigenvalue weighted by molar-refractivity contribution is 14.1. The number of nitrogens with one attached hydrogen (secondary N) is 1. The van der Waals surface area contributed by atoms with E-state index in [1.807, 2.05) is 18.2 Å². The van der Waals surface area contributed by atoms with Crippen molar-refractivity contribution in [2.45, 2.75) is 6.42 Å². The van der Waals surface area contributed by atoms with E-state index in [1.165, 1.54) is 16.0 Å². The van der Waals surface area contributed by atoms with Crippen molar-refractivity contribution in [3.63, 3.8) is 0 Å². The smallest absolute Gasteiger partial charge is 0.192 e. The highest BCUT2D eigenvalue weighted by Gasteiger charge is 2.23. The third kappa shape index (κ3) is 2.42. The Bertz CT molecular complexity index is 892. The fourth-order valence-electron chi connectivity index (χ4n) is 2.72. The molecule has 1 aliphatic carbocycles. The van der Waals surface area contributed by atoms with Crippen LogP contribution in [0.4, 0.5) is 5.13 Å². The first-order valence-electron chi connectivity index (χ1n) is 6.61. The lowest BCUT2D eigenvalue weighted by atomic mass is 10.0. The predicted octanol–water partition coefficient (Wildman–Crippen LogP) is 6.45. The molecule has 2 nitrogen and oxygen atoms in total. The lowest BCUT2D eigenvalue weighted by Gasteiger charge is -2.07. The monoisotopic (exact) mass is 458 g/mol. The normalized spacial score (nSPS) is 12.1. The largest absolute Gasteiger partial charge is 0.304 e. The van der Waals surface area contributed by atoms with E-state index >= 15 is 0 Å². The number of hydrogen-bond donors (Lipinski definition) is 1. The van der Waals surface area contributed by atoms with Gasteiger partial charge in [-0.2, -0.15) is 0 Å². The summed E-state index contributed by atoms with van der Waals surface area (Å²) in [7, 11) is 0. The minimum atomic E-state index is 0.580. The van der Waals surface area contributed by atoms with Crippen LogP contribution in [0.25, 0.3) is 22.4 Å². The minimum Gasteiger partial charge on any atom is -0.304 e. The molecule has 1 aliphatic rings. The van der Waals surface area contributed by atoms with Crippen LogP contribution in [0.5, 0.6) is 0 Å². The van der Waals surface area contributed by atoms with Gasteiger partial charge in [0.1, 0.15) is 0 Å². The van der Waals surface area contributed by atoms with Gasteiger partial charge in [-0.05, 0) is 28.8 Å². The standard InChI is InChI=1S/C16H9Cl2IN2S/c17-12-4-2-9(6-13(12)18)8-1-3-11-10(5-8)7-14-15(11)20-16(21-19)22-14/h1-6H,7H2,(H,20,21). The molecule has 0 bridgehead atoms. The van der Waals surface area contributed by atoms with Gasteiger partial charge in [-0.15, -0.1) is 11.3 Å². The Morgan fingerprint density at radius 3 is 2.59 bits per heavy atom. The van der Waals surface area contributed by atoms with Crippen LogP contribution < -0.4 is 3.53 Å². The number of nitrogens with zero attached hydrogens (tertiary/aromatic N) is 1. The summed E-state index contributed by atoms with van der Waals surface area (Å²) >= 11 is 15.9. The Labute approximate surface area is 156 Å². The molecule has 110 valence electrons. The maximum Gasteiger partial charge on any atom is 0.192 e. The molecule has 4 rings (SSSR count). The molecule has 0 saturated heterocycles. The number of fused-ring (bicyclic) bond motifs is 3. The summed E-state index contributed by atoms with van der Waals surface area (Å²) < 4.78 is 3.09. The second-order valence-corrected chi connectivity index (χ2v) is 7.50. The van der Waals surface area contributed by atoms with Crippen molar-refractivity contribution < 1.29 is 0 Å². The fraction of sp³-hybridized carbons (Fsp3) is 0.0625. The average molecular weight is 459 g/mol. The van der Waals surface area contributed by atoms with Crippen molar-refractivity contribution in [2.24, 2.45) is 0 Å². The molecule has 0 unspecified atom stereocenters. The number of benzene rings is 2. The van der Waals surface area contributed by atoms with Gasteiger partial charge in [-0.25, -0.2) is 4.98 Å². The number of anilines is 1. The Kier molecular flexibility index (Phi) is 3.80. The molecule has 22 heavy (non-hydrogen) atoms. The van der Waals surface area contributed by atoms with Crippen LogP contribution >= 0.6 is 57.4 Å². The number of hydrogen-bond acceptors (Lipinski definition) is 3. The average Bonchev–Trinajstić information content (AvgIpc) is 3.06. The van der Waals surface area contributed by atoms with Crippen molar-refractivity contribution in [1.82, 2.24) is 4.98 Å². The fourth-order valence-corrected chi connectivity index (χ4v) is 4.36. The maximum atomic E-state index is 6.12. The second-order valence-electron chi connectivity index (χ2n) is 5.06. The summed E-state index contributed by atoms with van der Waals surface area (Å²) in [5.74, 6) is 0. The van der Waals surface area contributed by atoms with Crippen LogP contribution in [0, 0.1) is 0 Å². The number of aromatic nitrogens is 1. The van der Waals surface area contributed by atoms with E-state index in [0.717, 1.165) is 28.4 Å². The minimum absolute atomic E-state index is 0.580. The van der Waals surface area contributed by atoms with Gasteiger partial charge < -0.3 is 3.53 Å². The zero-order valence-corrected chi connectivity index (χ0v) is 15.6. The molecule has 1 heterocycles. The van der Waals surface area contributed by atoms with Crippen molar-refractivity contribution in [1.29, 1.82) is 0 Å². The van der Waals surface area contributed by atoms with Crippen LogP contribution in [0.3, 0.4) is 0 Å². The summed E-state index contributed by atoms with van der Waals surface area (Å²) in [6.45, 7) is 0. The van der Waals surface area contributed by atoms with E-state index in [4.69, 9.17) is 23.2 Å². The number of rotatable bonds is 2. The maximum absolute atomic E-state index is 6.12. The third-order valence-corrected chi connectivity index (χ3v) is 6.33. The van der Waals surface area contributed by atoms with E-state index in [0.29, 0.717) is 10.0 Å². The molecule has 1 N–H and O–H groups in total. The van der Waals surface area contributed by atoms with Gasteiger partial charge in [0.05, 0.1) is 38.6 Å². The van der Waals surface area contributed by atoms with Gasteiger partial charge in [0, 0.05) is 16.9 Å². The van der Waals surface area contributed by atoms with E-state index in [9.17, 15) is 0 Å². The molecule has 0 fully saturated rings. The third-order valence-electron chi connectivity index (χ3n) is 3.74. The molecule has 0 spiro atoms. The summed E-state index contributed by atoms with van der Waals surface area (Å²) in [5, 5.41) is 2.12. The summed E-state index contributed by atoms with van der Waals surface area (Å²) in [5.41, 5.74) is 5.89. The molecule has 0 radical (unpaired) electrons. The van der Waals surface area contributed by atoms with Crippen LogP contribution in [0.15, 0.2) is 36.4 Å². The van der Waals surface area contributed by atoms with Gasteiger partial charge in [0.15, 0.2) is 5.13 Å². The zero-order chi connectivity index (χ0) is 15.3. The SMILES string of the molecule is Clc1ccc(-c2ccc3c(c2)Cc2sc(NI)nc2-3)cc1Cl. The first-order chi connectivity index (χ1) is 10.7. The van der Waals surface area contributed by atoms with Crippen LogP contribution in [0.2, 0.25) is 10.0 Å². The van der Waals surface area contributed by atoms with E-state index < -0.39 is 0 Å². The predicted molar refractivity (Wildman–Crippen MR) is 103 cm³/mol. The Balaban J connectivity index is 1.76. The first-order valence-corrected chi connectivity index (χ1v) is 9.26. The highest BCUT2D eigenvalue weighted by atomic mass is 127. The van der Waals surface area contributed by atoms with Crippen LogP contribution in [-0.4, -0.2) is 4.98 Å². The van der Waals surface area contributed by atoms with Gasteiger partial charge in [-0.1, -0.05) is 47.5 Å². The molecular weight excluding hydrogens is 450 g/mol. The lowest BCUT2D eigenvalue weighted by Crippen LogP contribution is -1.85. The van der Waals surface area contributed by atoms with E-state index in [1.54, 1.807) is 11.3 Å². The van der Waals surface area contributed by atoms with Crippen molar-refractivity contribution in [3.05, 3.63) is 56.9 Å². The Morgan fingerprint density at radius 2 is 1.82 bits per heavy atom. The summed E-state index contributed by atoms with van der Waals surface area (Å²) in [6, 6.07) is 12.2. The van der Waals surface area contributed by atoms with E-state index in [2.05, 4.69) is 49.6 Å². The van der Waals surface area contributed by atoms with Crippen molar-refractivity contribution in [2.75, 3.05) is 3.53 Å². The van der Waals surface area contributed by atoms with Gasteiger partial charge in [0.25, 0.3) is 0 Å². The highest BCUT2D eigenvalue weighted by Crippen LogP contribution is 2.42. The molecule has 6 heteroatoms. The summed E-state index contributed by atoms with van der Waals surface area (Å²) in [4.78, 5) is 5.96. The van der Waals surface area contributed by atoms with Gasteiger partial charge >= 0.3 is 0 Å². The van der Waals surface area contributed by atoms with Gasteiger partial charge in [-0.3, -0.25) is 0 Å². The Hall–Kier alpha value is -0.820. The number of halogens is 3. The van der Waals surface area contributed by atoms with Crippen LogP contribution in [0.1, 0.15) is 10.4 Å². The second kappa shape index (κ2) is 5.67. The van der Waals surface area contributed by atoms with Crippen molar-refractivity contribution >= 4 is 62.5 Å². The van der Waals surface area contributed by atoms with Crippen molar-refractivity contribution in [3.8, 4) is 22.4 Å². The molecule has 0 atom stereocenters. The summed E-state index contributed by atoms with van der Waals surface area (Å²) in [6.07, 6.45) is 0.940. The lowest BCUT2D eigenvalue weighted by molar-refractivity contribution is 1.31. The molecule has 2 aromatic carbocycles. The zero-order valence-electron chi connectivity index (χ0n) is 11.2. The quantitative estimate of drug-likeness (QED) is 0.275. The van der Waals surface area contributed by atoms with Crippen LogP contribution in [-0.2, 0) is 6.42 Å². The molecule has 0 amide bonds. The van der Waals surface area contributed by atoms with Gasteiger partial charge in [0.2, 0.25) is 0 Å². The molecule has 3 aromatic rings. The number of thiazole rings is 1. The van der Waals surface area contributed by atoms with E-state index in [-0.39, 0.29) is 0 Å². The molecule has 0 aliphatic heterocycles. The molecular formula is C16H9Cl2IN2S. The molecule has 0 saturated carbocycles. The molecule has 1 aromatic heterocycles. The Morgan fingerprint density at radius 1 is 1.05 bits per heavy atom. The topological polar surface area (TPSA) is 24.9 Å².